The molecule has 1 unspecified atom stereocenters. The Morgan fingerprint density at radius 3 is 2.78 bits per heavy atom. The molecule has 2 aromatic rings. The molecule has 23 heavy (non-hydrogen) atoms. The highest BCUT2D eigenvalue weighted by Gasteiger charge is 2.27. The van der Waals surface area contributed by atoms with Gasteiger partial charge in [0.15, 0.2) is 5.75 Å². The van der Waals surface area contributed by atoms with Crippen molar-refractivity contribution < 1.29 is 9.47 Å². The van der Waals surface area contributed by atoms with Gasteiger partial charge in [-0.2, -0.15) is 0 Å². The van der Waals surface area contributed by atoms with Gasteiger partial charge in [0, 0.05) is 31.2 Å². The number of aryl methyl sites for hydroxylation is 1. The van der Waals surface area contributed by atoms with Crippen molar-refractivity contribution in [1.29, 1.82) is 0 Å². The van der Waals surface area contributed by atoms with Gasteiger partial charge in [-0.3, -0.25) is 4.98 Å². The van der Waals surface area contributed by atoms with Crippen molar-refractivity contribution in [3.63, 3.8) is 0 Å². The highest BCUT2D eigenvalue weighted by Crippen LogP contribution is 2.42. The van der Waals surface area contributed by atoms with Crippen molar-refractivity contribution in [1.82, 2.24) is 9.97 Å². The highest BCUT2D eigenvalue weighted by molar-refractivity contribution is 5.74. The third kappa shape index (κ3) is 2.49. The predicted molar refractivity (Wildman–Crippen MR) is 88.6 cm³/mol. The summed E-state index contributed by atoms with van der Waals surface area (Å²) in [6.07, 6.45) is 3.53. The number of fused-ring (bicyclic) bond motifs is 2. The summed E-state index contributed by atoms with van der Waals surface area (Å²) in [6, 6.07) is 3.99. The average molecular weight is 312 g/mol. The van der Waals surface area contributed by atoms with Crippen LogP contribution in [0.2, 0.25) is 0 Å². The second-order valence-corrected chi connectivity index (χ2v) is 5.85. The predicted octanol–water partition coefficient (Wildman–Crippen LogP) is 2.82. The molecule has 1 atom stereocenters. The Morgan fingerprint density at radius 1 is 1.17 bits per heavy atom. The molecule has 0 spiro atoms. The molecule has 2 aromatic heterocycles. The summed E-state index contributed by atoms with van der Waals surface area (Å²) in [5.74, 6) is 1.65. The van der Waals surface area contributed by atoms with Crippen molar-refractivity contribution in [3.8, 4) is 5.75 Å². The van der Waals surface area contributed by atoms with Crippen LogP contribution < -0.4 is 15.0 Å². The number of morpholine rings is 1. The first-order chi connectivity index (χ1) is 11.2. The maximum absolute atomic E-state index is 6.22. The van der Waals surface area contributed by atoms with E-state index in [1.807, 2.05) is 19.2 Å². The summed E-state index contributed by atoms with van der Waals surface area (Å²) < 4.78 is 11.7. The SMILES string of the molecule is Cc1nccc2c1OC(C)c1c(N3CCOCC3)ccnc1N2. The van der Waals surface area contributed by atoms with Crippen LogP contribution in [-0.4, -0.2) is 36.3 Å². The number of hydrogen-bond acceptors (Lipinski definition) is 6. The van der Waals surface area contributed by atoms with Crippen LogP contribution in [0.4, 0.5) is 17.2 Å². The van der Waals surface area contributed by atoms with Crippen LogP contribution in [0.5, 0.6) is 5.75 Å². The Hall–Kier alpha value is -2.34. The number of aromatic nitrogens is 2. The first kappa shape index (κ1) is 14.3. The fourth-order valence-corrected chi connectivity index (χ4v) is 3.21. The summed E-state index contributed by atoms with van der Waals surface area (Å²) in [7, 11) is 0. The van der Waals surface area contributed by atoms with E-state index < -0.39 is 0 Å². The fourth-order valence-electron chi connectivity index (χ4n) is 3.21. The van der Waals surface area contributed by atoms with Crippen LogP contribution in [0.25, 0.3) is 0 Å². The molecule has 120 valence electrons. The summed E-state index contributed by atoms with van der Waals surface area (Å²) in [6.45, 7) is 7.30. The van der Waals surface area contributed by atoms with Gasteiger partial charge in [0.1, 0.15) is 11.9 Å². The molecule has 0 saturated carbocycles. The smallest absolute Gasteiger partial charge is 0.164 e. The van der Waals surface area contributed by atoms with Gasteiger partial charge in [-0.1, -0.05) is 0 Å². The molecule has 4 rings (SSSR count). The van der Waals surface area contributed by atoms with Gasteiger partial charge in [-0.05, 0) is 26.0 Å². The van der Waals surface area contributed by atoms with Crippen LogP contribution >= 0.6 is 0 Å². The topological polar surface area (TPSA) is 59.5 Å². The number of nitrogens with one attached hydrogen (secondary N) is 1. The van der Waals surface area contributed by atoms with Gasteiger partial charge < -0.3 is 19.7 Å². The fraction of sp³-hybridized carbons (Fsp3) is 0.412. The van der Waals surface area contributed by atoms with E-state index in [-0.39, 0.29) is 6.10 Å². The minimum atomic E-state index is -0.104. The quantitative estimate of drug-likeness (QED) is 0.874. The zero-order valence-electron chi connectivity index (χ0n) is 13.4. The number of ether oxygens (including phenoxy) is 2. The maximum Gasteiger partial charge on any atom is 0.164 e. The van der Waals surface area contributed by atoms with E-state index in [1.165, 1.54) is 0 Å². The Balaban J connectivity index is 1.79. The van der Waals surface area contributed by atoms with Gasteiger partial charge in [0.05, 0.1) is 30.2 Å². The molecule has 1 saturated heterocycles. The number of rotatable bonds is 1. The average Bonchev–Trinajstić information content (AvgIpc) is 2.73. The zero-order valence-corrected chi connectivity index (χ0v) is 13.4. The number of nitrogens with zero attached hydrogens (tertiary/aromatic N) is 3. The molecule has 6 heteroatoms. The van der Waals surface area contributed by atoms with Gasteiger partial charge in [0.2, 0.25) is 0 Å². The Kier molecular flexibility index (Phi) is 3.53. The summed E-state index contributed by atoms with van der Waals surface area (Å²) in [5, 5.41) is 3.42. The Bertz CT molecular complexity index is 729. The highest BCUT2D eigenvalue weighted by atomic mass is 16.5. The van der Waals surface area contributed by atoms with Crippen molar-refractivity contribution in [2.24, 2.45) is 0 Å². The van der Waals surface area contributed by atoms with Crippen molar-refractivity contribution in [2.45, 2.75) is 20.0 Å². The van der Waals surface area contributed by atoms with E-state index in [0.717, 1.165) is 60.5 Å². The second-order valence-electron chi connectivity index (χ2n) is 5.85. The Morgan fingerprint density at radius 2 is 1.96 bits per heavy atom. The first-order valence-corrected chi connectivity index (χ1v) is 7.95. The van der Waals surface area contributed by atoms with Crippen molar-refractivity contribution in [2.75, 3.05) is 36.5 Å². The molecular weight excluding hydrogens is 292 g/mol. The lowest BCUT2D eigenvalue weighted by Crippen LogP contribution is -2.37. The first-order valence-electron chi connectivity index (χ1n) is 7.95. The van der Waals surface area contributed by atoms with E-state index in [9.17, 15) is 0 Å². The molecule has 0 amide bonds. The van der Waals surface area contributed by atoms with E-state index in [2.05, 4.69) is 33.2 Å². The van der Waals surface area contributed by atoms with Crippen LogP contribution in [0.1, 0.15) is 24.3 Å². The lowest BCUT2D eigenvalue weighted by molar-refractivity contribution is 0.122. The molecule has 6 nitrogen and oxygen atoms in total. The molecule has 4 heterocycles. The number of anilines is 3. The van der Waals surface area contributed by atoms with E-state index in [4.69, 9.17) is 9.47 Å². The molecular formula is C17H20N4O2. The summed E-state index contributed by atoms with van der Waals surface area (Å²) >= 11 is 0. The number of hydrogen-bond donors (Lipinski definition) is 1. The third-order valence-corrected chi connectivity index (χ3v) is 4.36. The minimum Gasteiger partial charge on any atom is -0.482 e. The molecule has 0 radical (unpaired) electrons. The van der Waals surface area contributed by atoms with E-state index in [1.54, 1.807) is 6.20 Å². The molecule has 2 aliphatic heterocycles. The zero-order chi connectivity index (χ0) is 15.8. The van der Waals surface area contributed by atoms with Crippen molar-refractivity contribution in [3.05, 3.63) is 35.8 Å². The van der Waals surface area contributed by atoms with Gasteiger partial charge >= 0.3 is 0 Å². The third-order valence-electron chi connectivity index (χ3n) is 4.36. The normalized spacial score (nSPS) is 19.9. The molecule has 1 fully saturated rings. The largest absolute Gasteiger partial charge is 0.482 e. The monoisotopic (exact) mass is 312 g/mol. The molecule has 1 N–H and O–H groups in total. The minimum absolute atomic E-state index is 0.104. The molecule has 2 aliphatic rings. The van der Waals surface area contributed by atoms with Gasteiger partial charge in [-0.15, -0.1) is 0 Å². The van der Waals surface area contributed by atoms with Crippen molar-refractivity contribution >= 4 is 17.2 Å². The van der Waals surface area contributed by atoms with Crippen LogP contribution in [-0.2, 0) is 4.74 Å². The van der Waals surface area contributed by atoms with Crippen LogP contribution in [0.15, 0.2) is 24.5 Å². The summed E-state index contributed by atoms with van der Waals surface area (Å²) in [5.41, 5.74) is 4.04. The molecule has 0 bridgehead atoms. The number of pyridine rings is 2. The van der Waals surface area contributed by atoms with Gasteiger partial charge in [-0.25, -0.2) is 4.98 Å². The van der Waals surface area contributed by atoms with Crippen LogP contribution in [0.3, 0.4) is 0 Å². The standard InChI is InChI=1S/C17H20N4O2/c1-11-16-13(3-5-18-11)20-17-15(12(2)23-16)14(4-6-19-17)21-7-9-22-10-8-21/h3-6,12H,7-10H2,1-2H3,(H,19,20). The van der Waals surface area contributed by atoms with E-state index in [0.29, 0.717) is 0 Å². The Labute approximate surface area is 135 Å². The molecule has 0 aliphatic carbocycles. The summed E-state index contributed by atoms with van der Waals surface area (Å²) in [4.78, 5) is 11.2. The van der Waals surface area contributed by atoms with E-state index >= 15 is 0 Å². The molecule has 0 aromatic carbocycles. The maximum atomic E-state index is 6.22. The second kappa shape index (κ2) is 5.70. The lowest BCUT2D eigenvalue weighted by atomic mass is 10.1. The lowest BCUT2D eigenvalue weighted by Gasteiger charge is -2.31. The van der Waals surface area contributed by atoms with Gasteiger partial charge in [0.25, 0.3) is 0 Å². The van der Waals surface area contributed by atoms with Crippen LogP contribution in [0, 0.1) is 6.92 Å².